The molecule has 1 rings (SSSR count). The molecule has 3 N–H and O–H groups in total. The number of amides is 1. The van der Waals surface area contributed by atoms with Crippen LogP contribution < -0.4 is 15.8 Å². The second-order valence-corrected chi connectivity index (χ2v) is 4.29. The van der Waals surface area contributed by atoms with Gasteiger partial charge in [-0.05, 0) is 37.1 Å². The molecule has 0 atom stereocenters. The maximum atomic E-state index is 12.0. The molecule has 1 amide bonds. The quantitative estimate of drug-likeness (QED) is 0.722. The van der Waals surface area contributed by atoms with Crippen LogP contribution in [0.2, 0.25) is 0 Å². The van der Waals surface area contributed by atoms with Gasteiger partial charge in [0.05, 0.1) is 0 Å². The Hall–Kier alpha value is -1.76. The van der Waals surface area contributed by atoms with Crippen LogP contribution in [0.25, 0.3) is 0 Å². The van der Waals surface area contributed by atoms with E-state index in [1.807, 2.05) is 0 Å². The van der Waals surface area contributed by atoms with Gasteiger partial charge in [0.25, 0.3) is 0 Å². The maximum absolute atomic E-state index is 12.0. The summed E-state index contributed by atoms with van der Waals surface area (Å²) in [7, 11) is 0. The number of hydrogen-bond acceptors (Lipinski definition) is 3. The van der Waals surface area contributed by atoms with Gasteiger partial charge in [-0.1, -0.05) is 12.1 Å². The normalized spacial score (nSPS) is 11.3. The van der Waals surface area contributed by atoms with Crippen molar-refractivity contribution in [3.63, 3.8) is 0 Å². The van der Waals surface area contributed by atoms with Gasteiger partial charge in [-0.2, -0.15) is 0 Å². The minimum absolute atomic E-state index is 0.234. The molecule has 0 aliphatic carbocycles. The molecular formula is C13H17F3N2O2. The van der Waals surface area contributed by atoms with Crippen molar-refractivity contribution >= 4 is 5.91 Å². The molecule has 0 radical (unpaired) electrons. The lowest BCUT2D eigenvalue weighted by molar-refractivity contribution is -0.274. The van der Waals surface area contributed by atoms with E-state index in [1.165, 1.54) is 12.1 Å². The Labute approximate surface area is 115 Å². The first-order valence-electron chi connectivity index (χ1n) is 6.20. The molecule has 7 heteroatoms. The van der Waals surface area contributed by atoms with Crippen LogP contribution in [-0.4, -0.2) is 18.8 Å². The molecule has 0 saturated heterocycles. The predicted octanol–water partition coefficient (Wildman–Crippen LogP) is 2.33. The van der Waals surface area contributed by atoms with E-state index in [4.69, 9.17) is 5.73 Å². The summed E-state index contributed by atoms with van der Waals surface area (Å²) in [5.41, 5.74) is 5.86. The highest BCUT2D eigenvalue weighted by Gasteiger charge is 2.30. The molecule has 0 heterocycles. The number of benzene rings is 1. The summed E-state index contributed by atoms with van der Waals surface area (Å²) in [6.45, 7) is 1.26. The van der Waals surface area contributed by atoms with E-state index in [0.29, 0.717) is 19.5 Å². The van der Waals surface area contributed by atoms with E-state index < -0.39 is 6.36 Å². The number of primary amides is 1. The first-order chi connectivity index (χ1) is 9.37. The van der Waals surface area contributed by atoms with E-state index in [9.17, 15) is 18.0 Å². The molecule has 0 bridgehead atoms. The van der Waals surface area contributed by atoms with Crippen molar-refractivity contribution in [3.8, 4) is 5.75 Å². The zero-order valence-corrected chi connectivity index (χ0v) is 10.9. The average Bonchev–Trinajstić information content (AvgIpc) is 2.33. The second kappa shape index (κ2) is 7.74. The summed E-state index contributed by atoms with van der Waals surface area (Å²) in [4.78, 5) is 10.5. The smallest absolute Gasteiger partial charge is 0.406 e. The third-order valence-electron chi connectivity index (χ3n) is 2.51. The Morgan fingerprint density at radius 2 is 1.85 bits per heavy atom. The summed E-state index contributed by atoms with van der Waals surface area (Å²) >= 11 is 0. The molecule has 0 aromatic heterocycles. The summed E-state index contributed by atoms with van der Waals surface area (Å²) in [6.07, 6.45) is -2.76. The predicted molar refractivity (Wildman–Crippen MR) is 67.9 cm³/mol. The Balaban J connectivity index is 2.23. The zero-order chi connectivity index (χ0) is 15.0. The summed E-state index contributed by atoms with van der Waals surface area (Å²) in [6, 6.07) is 5.68. The zero-order valence-electron chi connectivity index (χ0n) is 10.9. The molecule has 4 nitrogen and oxygen atoms in total. The molecule has 0 unspecified atom stereocenters. The fourth-order valence-electron chi connectivity index (χ4n) is 1.59. The van der Waals surface area contributed by atoms with Crippen LogP contribution in [0, 0.1) is 0 Å². The number of nitrogens with one attached hydrogen (secondary N) is 1. The molecule has 0 fully saturated rings. The lowest BCUT2D eigenvalue weighted by Crippen LogP contribution is -2.17. The second-order valence-electron chi connectivity index (χ2n) is 4.29. The summed E-state index contributed by atoms with van der Waals surface area (Å²) < 4.78 is 39.6. The topological polar surface area (TPSA) is 64.4 Å². The highest BCUT2D eigenvalue weighted by Crippen LogP contribution is 2.22. The van der Waals surface area contributed by atoms with Crippen LogP contribution in [-0.2, 0) is 11.3 Å². The average molecular weight is 290 g/mol. The lowest BCUT2D eigenvalue weighted by atomic mass is 10.2. The minimum Gasteiger partial charge on any atom is -0.406 e. The number of hydrogen-bond donors (Lipinski definition) is 2. The maximum Gasteiger partial charge on any atom is 0.573 e. The number of rotatable bonds is 8. The van der Waals surface area contributed by atoms with Crippen molar-refractivity contribution in [2.24, 2.45) is 5.73 Å². The van der Waals surface area contributed by atoms with E-state index in [1.54, 1.807) is 12.1 Å². The number of halogens is 3. The van der Waals surface area contributed by atoms with E-state index in [0.717, 1.165) is 18.4 Å². The van der Waals surface area contributed by atoms with Gasteiger partial charge in [0.1, 0.15) is 5.75 Å². The van der Waals surface area contributed by atoms with Crippen LogP contribution in [0.15, 0.2) is 24.3 Å². The van der Waals surface area contributed by atoms with Crippen LogP contribution in [0.4, 0.5) is 13.2 Å². The van der Waals surface area contributed by atoms with Gasteiger partial charge in [-0.3, -0.25) is 4.79 Å². The summed E-state index contributed by atoms with van der Waals surface area (Å²) in [5.74, 6) is -0.548. The van der Waals surface area contributed by atoms with Crippen LogP contribution in [0.1, 0.15) is 24.8 Å². The first kappa shape index (κ1) is 16.3. The number of carbonyl (C=O) groups excluding carboxylic acids is 1. The SMILES string of the molecule is NC(=O)CCCCNCc1ccc(OC(F)(F)F)cc1. The number of carbonyl (C=O) groups is 1. The molecule has 20 heavy (non-hydrogen) atoms. The molecule has 0 aliphatic rings. The van der Waals surface area contributed by atoms with Crippen molar-refractivity contribution in [2.45, 2.75) is 32.2 Å². The van der Waals surface area contributed by atoms with Crippen molar-refractivity contribution in [3.05, 3.63) is 29.8 Å². The molecule has 0 spiro atoms. The van der Waals surface area contributed by atoms with Gasteiger partial charge < -0.3 is 15.8 Å². The van der Waals surface area contributed by atoms with Crippen molar-refractivity contribution in [1.82, 2.24) is 5.32 Å². The van der Waals surface area contributed by atoms with Gasteiger partial charge in [-0.25, -0.2) is 0 Å². The summed E-state index contributed by atoms with van der Waals surface area (Å²) in [5, 5.41) is 3.13. The van der Waals surface area contributed by atoms with Gasteiger partial charge >= 0.3 is 6.36 Å². The van der Waals surface area contributed by atoms with Crippen LogP contribution in [0.3, 0.4) is 0 Å². The minimum atomic E-state index is -4.67. The number of unbranched alkanes of at least 4 members (excludes halogenated alkanes) is 1. The van der Waals surface area contributed by atoms with Gasteiger partial charge in [0, 0.05) is 13.0 Å². The van der Waals surface area contributed by atoms with Crippen LogP contribution >= 0.6 is 0 Å². The highest BCUT2D eigenvalue weighted by molar-refractivity contribution is 5.73. The van der Waals surface area contributed by atoms with Gasteiger partial charge in [-0.15, -0.1) is 13.2 Å². The Bertz CT molecular complexity index is 419. The number of nitrogens with two attached hydrogens (primary N) is 1. The van der Waals surface area contributed by atoms with Gasteiger partial charge in [0.2, 0.25) is 5.91 Å². The molecule has 112 valence electrons. The molecule has 1 aromatic rings. The standard InChI is InChI=1S/C13H17F3N2O2/c14-13(15,16)20-11-6-4-10(5-7-11)9-18-8-2-1-3-12(17)19/h4-7,18H,1-3,8-9H2,(H2,17,19). The lowest BCUT2D eigenvalue weighted by Gasteiger charge is -2.09. The molecular weight excluding hydrogens is 273 g/mol. The Morgan fingerprint density at radius 3 is 2.40 bits per heavy atom. The third kappa shape index (κ3) is 7.63. The Kier molecular flexibility index (Phi) is 6.30. The van der Waals surface area contributed by atoms with Gasteiger partial charge in [0.15, 0.2) is 0 Å². The van der Waals surface area contributed by atoms with Crippen molar-refractivity contribution < 1.29 is 22.7 Å². The van der Waals surface area contributed by atoms with E-state index in [-0.39, 0.29) is 11.7 Å². The van der Waals surface area contributed by atoms with Crippen LogP contribution in [0.5, 0.6) is 5.75 Å². The fourth-order valence-corrected chi connectivity index (χ4v) is 1.59. The molecule has 1 aromatic carbocycles. The Morgan fingerprint density at radius 1 is 1.20 bits per heavy atom. The van der Waals surface area contributed by atoms with E-state index >= 15 is 0 Å². The fraction of sp³-hybridized carbons (Fsp3) is 0.462. The number of ether oxygens (including phenoxy) is 1. The van der Waals surface area contributed by atoms with Crippen molar-refractivity contribution in [1.29, 1.82) is 0 Å². The highest BCUT2D eigenvalue weighted by atomic mass is 19.4. The first-order valence-corrected chi connectivity index (χ1v) is 6.20. The monoisotopic (exact) mass is 290 g/mol. The molecule has 0 saturated carbocycles. The van der Waals surface area contributed by atoms with Crippen molar-refractivity contribution in [2.75, 3.05) is 6.54 Å². The largest absolute Gasteiger partial charge is 0.573 e. The third-order valence-corrected chi connectivity index (χ3v) is 2.51. The van der Waals surface area contributed by atoms with E-state index in [2.05, 4.69) is 10.1 Å². The number of alkyl halides is 3. The molecule has 0 aliphatic heterocycles.